The summed E-state index contributed by atoms with van der Waals surface area (Å²) in [7, 11) is 0. The highest BCUT2D eigenvalue weighted by Crippen LogP contribution is 2.60. The molecule has 2 aliphatic carbocycles. The highest BCUT2D eigenvalue weighted by atomic mass is 19.4. The van der Waals surface area contributed by atoms with Gasteiger partial charge in [-0.2, -0.15) is 13.2 Å². The standard InChI is InChI=1S/C11H17F3N2O/c1-9(15,11(12,13)14)8(17)16-6-10(4-5-10)7-2-3-7/h7H,2-6,15H2,1H3,(H,16,17). The van der Waals surface area contributed by atoms with Crippen molar-refractivity contribution < 1.29 is 18.0 Å². The Morgan fingerprint density at radius 1 is 1.41 bits per heavy atom. The second-order valence-corrected chi connectivity index (χ2v) is 5.52. The summed E-state index contributed by atoms with van der Waals surface area (Å²) in [5, 5.41) is 2.37. The highest BCUT2D eigenvalue weighted by Gasteiger charge is 2.56. The Labute approximate surface area is 97.9 Å². The molecular weight excluding hydrogens is 233 g/mol. The Balaban J connectivity index is 1.89. The van der Waals surface area contributed by atoms with E-state index < -0.39 is 17.6 Å². The van der Waals surface area contributed by atoms with E-state index in [2.05, 4.69) is 5.32 Å². The molecule has 6 heteroatoms. The molecule has 3 N–H and O–H groups in total. The van der Waals surface area contributed by atoms with Crippen molar-refractivity contribution in [1.82, 2.24) is 5.32 Å². The lowest BCUT2D eigenvalue weighted by atomic mass is 9.98. The summed E-state index contributed by atoms with van der Waals surface area (Å²) < 4.78 is 37.5. The van der Waals surface area contributed by atoms with Gasteiger partial charge in [0, 0.05) is 6.54 Å². The molecule has 17 heavy (non-hydrogen) atoms. The van der Waals surface area contributed by atoms with Gasteiger partial charge in [0.05, 0.1) is 0 Å². The zero-order valence-corrected chi connectivity index (χ0v) is 9.73. The maximum atomic E-state index is 12.5. The fourth-order valence-corrected chi connectivity index (χ4v) is 2.15. The third kappa shape index (κ3) is 2.27. The first-order valence-corrected chi connectivity index (χ1v) is 5.83. The molecule has 2 saturated carbocycles. The van der Waals surface area contributed by atoms with E-state index in [4.69, 9.17) is 5.73 Å². The lowest BCUT2D eigenvalue weighted by Crippen LogP contribution is -2.61. The molecule has 0 aromatic carbocycles. The van der Waals surface area contributed by atoms with Gasteiger partial charge >= 0.3 is 6.18 Å². The summed E-state index contributed by atoms with van der Waals surface area (Å²) in [5.41, 5.74) is 2.32. The third-order valence-corrected chi connectivity index (χ3v) is 4.00. The van der Waals surface area contributed by atoms with Crippen LogP contribution in [0.25, 0.3) is 0 Å². The number of hydrogen-bond donors (Lipinski definition) is 2. The Bertz CT molecular complexity index is 330. The van der Waals surface area contributed by atoms with Gasteiger partial charge in [0.25, 0.3) is 0 Å². The van der Waals surface area contributed by atoms with Gasteiger partial charge in [-0.25, -0.2) is 0 Å². The Morgan fingerprint density at radius 2 is 1.94 bits per heavy atom. The molecule has 0 saturated heterocycles. The van der Waals surface area contributed by atoms with Crippen LogP contribution in [0.4, 0.5) is 13.2 Å². The van der Waals surface area contributed by atoms with Gasteiger partial charge in [0.15, 0.2) is 5.54 Å². The van der Waals surface area contributed by atoms with Crippen LogP contribution in [-0.4, -0.2) is 24.2 Å². The molecule has 2 rings (SSSR count). The summed E-state index contributed by atoms with van der Waals surface area (Å²) in [6.45, 7) is 1.04. The zero-order chi connectivity index (χ0) is 12.9. The molecule has 0 spiro atoms. The highest BCUT2D eigenvalue weighted by molar-refractivity contribution is 5.86. The van der Waals surface area contributed by atoms with Crippen LogP contribution in [0.2, 0.25) is 0 Å². The van der Waals surface area contributed by atoms with E-state index in [1.807, 2.05) is 0 Å². The second kappa shape index (κ2) is 3.60. The first-order valence-electron chi connectivity index (χ1n) is 5.83. The fourth-order valence-electron chi connectivity index (χ4n) is 2.15. The van der Waals surface area contributed by atoms with Crippen LogP contribution in [0, 0.1) is 11.3 Å². The quantitative estimate of drug-likeness (QED) is 0.795. The van der Waals surface area contributed by atoms with Crippen LogP contribution < -0.4 is 11.1 Å². The van der Waals surface area contributed by atoms with Crippen molar-refractivity contribution in [1.29, 1.82) is 0 Å². The largest absolute Gasteiger partial charge is 0.415 e. The van der Waals surface area contributed by atoms with Crippen LogP contribution >= 0.6 is 0 Å². The molecule has 0 aromatic rings. The number of carbonyl (C=O) groups excluding carboxylic acids is 1. The summed E-state index contributed by atoms with van der Waals surface area (Å²) in [6, 6.07) is 0. The van der Waals surface area contributed by atoms with Gasteiger partial charge in [-0.1, -0.05) is 0 Å². The summed E-state index contributed by atoms with van der Waals surface area (Å²) in [4.78, 5) is 11.5. The molecule has 0 radical (unpaired) electrons. The predicted molar refractivity (Wildman–Crippen MR) is 56.0 cm³/mol. The summed E-state index contributed by atoms with van der Waals surface area (Å²) in [5.74, 6) is -0.533. The smallest absolute Gasteiger partial charge is 0.354 e. The van der Waals surface area contributed by atoms with Gasteiger partial charge in [0.2, 0.25) is 5.91 Å². The van der Waals surface area contributed by atoms with Gasteiger partial charge in [-0.3, -0.25) is 4.79 Å². The van der Waals surface area contributed by atoms with Crippen LogP contribution in [-0.2, 0) is 4.79 Å². The van der Waals surface area contributed by atoms with Crippen molar-refractivity contribution in [3.63, 3.8) is 0 Å². The Hall–Kier alpha value is -0.780. The predicted octanol–water partition coefficient (Wildman–Crippen LogP) is 1.57. The average molecular weight is 250 g/mol. The van der Waals surface area contributed by atoms with E-state index in [-0.39, 0.29) is 5.41 Å². The normalized spacial score (nSPS) is 26.2. The molecule has 1 amide bonds. The minimum absolute atomic E-state index is 0.0807. The minimum Gasteiger partial charge on any atom is -0.354 e. The van der Waals surface area contributed by atoms with Crippen molar-refractivity contribution >= 4 is 5.91 Å². The maximum absolute atomic E-state index is 12.5. The topological polar surface area (TPSA) is 55.1 Å². The lowest BCUT2D eigenvalue weighted by molar-refractivity contribution is -0.187. The van der Waals surface area contributed by atoms with Crippen molar-refractivity contribution in [2.75, 3.05) is 6.54 Å². The van der Waals surface area contributed by atoms with Gasteiger partial charge < -0.3 is 11.1 Å². The molecule has 0 aliphatic heterocycles. The van der Waals surface area contributed by atoms with E-state index >= 15 is 0 Å². The van der Waals surface area contributed by atoms with Crippen LogP contribution in [0.5, 0.6) is 0 Å². The average Bonchev–Trinajstić information content (AvgIpc) is 3.02. The summed E-state index contributed by atoms with van der Waals surface area (Å²) in [6.07, 6.45) is -0.437. The monoisotopic (exact) mass is 250 g/mol. The summed E-state index contributed by atoms with van der Waals surface area (Å²) >= 11 is 0. The number of nitrogens with two attached hydrogens (primary N) is 1. The molecule has 3 nitrogen and oxygen atoms in total. The number of halogens is 3. The van der Waals surface area contributed by atoms with E-state index in [1.165, 1.54) is 0 Å². The number of rotatable bonds is 4. The molecule has 0 bridgehead atoms. The molecule has 0 heterocycles. The molecule has 0 aromatic heterocycles. The van der Waals surface area contributed by atoms with Crippen molar-refractivity contribution in [3.05, 3.63) is 0 Å². The van der Waals surface area contributed by atoms with E-state index in [9.17, 15) is 18.0 Å². The molecule has 2 fully saturated rings. The van der Waals surface area contributed by atoms with Gasteiger partial charge in [-0.15, -0.1) is 0 Å². The third-order valence-electron chi connectivity index (χ3n) is 4.00. The van der Waals surface area contributed by atoms with Crippen LogP contribution in [0.3, 0.4) is 0 Å². The number of alkyl halides is 3. The van der Waals surface area contributed by atoms with Crippen molar-refractivity contribution in [2.24, 2.45) is 17.1 Å². The first kappa shape index (κ1) is 12.7. The van der Waals surface area contributed by atoms with Crippen LogP contribution in [0.1, 0.15) is 32.6 Å². The number of carbonyl (C=O) groups is 1. The Morgan fingerprint density at radius 3 is 2.29 bits per heavy atom. The Kier molecular flexibility index (Phi) is 2.69. The first-order chi connectivity index (χ1) is 7.69. The zero-order valence-electron chi connectivity index (χ0n) is 9.73. The number of hydrogen-bond acceptors (Lipinski definition) is 2. The van der Waals surface area contributed by atoms with Crippen LogP contribution in [0.15, 0.2) is 0 Å². The number of amides is 1. The minimum atomic E-state index is -4.71. The maximum Gasteiger partial charge on any atom is 0.415 e. The number of nitrogens with one attached hydrogen (secondary N) is 1. The molecule has 1 unspecified atom stereocenters. The second-order valence-electron chi connectivity index (χ2n) is 5.52. The molecule has 1 atom stereocenters. The van der Waals surface area contributed by atoms with E-state index in [0.29, 0.717) is 19.4 Å². The van der Waals surface area contributed by atoms with Gasteiger partial charge in [0.1, 0.15) is 0 Å². The van der Waals surface area contributed by atoms with Gasteiger partial charge in [-0.05, 0) is 43.9 Å². The fraction of sp³-hybridized carbons (Fsp3) is 0.909. The lowest BCUT2D eigenvalue weighted by Gasteiger charge is -2.27. The van der Waals surface area contributed by atoms with Crippen molar-refractivity contribution in [2.45, 2.75) is 44.3 Å². The molecule has 98 valence electrons. The van der Waals surface area contributed by atoms with E-state index in [1.54, 1.807) is 0 Å². The molecule has 2 aliphatic rings. The molecular formula is C11H17F3N2O. The van der Waals surface area contributed by atoms with Crippen molar-refractivity contribution in [3.8, 4) is 0 Å². The SMILES string of the molecule is CC(N)(C(=O)NCC1(C2CC2)CC1)C(F)(F)F. The van der Waals surface area contributed by atoms with E-state index in [0.717, 1.165) is 25.7 Å².